The van der Waals surface area contributed by atoms with Crippen molar-refractivity contribution >= 4 is 22.4 Å². The van der Waals surface area contributed by atoms with E-state index in [0.717, 1.165) is 0 Å². The average molecular weight is 351 g/mol. The van der Waals surface area contributed by atoms with Gasteiger partial charge in [0.15, 0.2) is 11.5 Å². The van der Waals surface area contributed by atoms with E-state index >= 15 is 0 Å². The Labute approximate surface area is 138 Å². The Morgan fingerprint density at radius 3 is 2.14 bits per heavy atom. The standard InChI is InChI=1S/C14H22N2O4S.ClH/c1-10-8-12(19-2)13(20-3)9-14(10)21(17,18)16-6-4-11(15)5-7-16;/h8-9,11H,4-7,15H2,1-3H3;1H. The largest absolute Gasteiger partial charge is 0.493 e. The lowest BCUT2D eigenvalue weighted by atomic mass is 10.1. The van der Waals surface area contributed by atoms with Crippen LogP contribution in [-0.2, 0) is 10.0 Å². The molecule has 1 aromatic rings. The monoisotopic (exact) mass is 350 g/mol. The molecule has 22 heavy (non-hydrogen) atoms. The predicted molar refractivity (Wildman–Crippen MR) is 87.5 cm³/mol. The van der Waals surface area contributed by atoms with Gasteiger partial charge >= 0.3 is 0 Å². The van der Waals surface area contributed by atoms with E-state index in [2.05, 4.69) is 0 Å². The van der Waals surface area contributed by atoms with Gasteiger partial charge in [0.25, 0.3) is 0 Å². The maximum absolute atomic E-state index is 12.8. The summed E-state index contributed by atoms with van der Waals surface area (Å²) >= 11 is 0. The fourth-order valence-electron chi connectivity index (χ4n) is 2.50. The lowest BCUT2D eigenvalue weighted by Gasteiger charge is -2.30. The molecule has 1 fully saturated rings. The zero-order chi connectivity index (χ0) is 15.6. The molecular weight excluding hydrogens is 328 g/mol. The summed E-state index contributed by atoms with van der Waals surface area (Å²) < 4.78 is 37.4. The molecule has 0 radical (unpaired) electrons. The summed E-state index contributed by atoms with van der Waals surface area (Å²) in [5, 5.41) is 0. The molecule has 0 unspecified atom stereocenters. The second-order valence-electron chi connectivity index (χ2n) is 5.21. The number of hydrogen-bond donors (Lipinski definition) is 1. The van der Waals surface area contributed by atoms with E-state index in [-0.39, 0.29) is 23.3 Å². The Morgan fingerprint density at radius 2 is 1.64 bits per heavy atom. The number of piperidine rings is 1. The highest BCUT2D eigenvalue weighted by Gasteiger charge is 2.30. The summed E-state index contributed by atoms with van der Waals surface area (Å²) in [4.78, 5) is 0.260. The molecule has 0 aromatic heterocycles. The van der Waals surface area contributed by atoms with Crippen LogP contribution in [0.4, 0.5) is 0 Å². The van der Waals surface area contributed by atoms with Gasteiger partial charge in [-0.15, -0.1) is 12.4 Å². The highest BCUT2D eigenvalue weighted by Crippen LogP contribution is 2.34. The van der Waals surface area contributed by atoms with E-state index in [0.29, 0.717) is 43.0 Å². The molecule has 2 N–H and O–H groups in total. The lowest BCUT2D eigenvalue weighted by Crippen LogP contribution is -2.42. The highest BCUT2D eigenvalue weighted by atomic mass is 35.5. The summed E-state index contributed by atoms with van der Waals surface area (Å²) in [6.07, 6.45) is 1.37. The minimum atomic E-state index is -3.53. The third-order valence-electron chi connectivity index (χ3n) is 3.80. The van der Waals surface area contributed by atoms with Gasteiger partial charge in [-0.2, -0.15) is 4.31 Å². The first-order chi connectivity index (χ1) is 9.90. The molecule has 1 aliphatic heterocycles. The second-order valence-corrected chi connectivity index (χ2v) is 7.12. The molecule has 0 aliphatic carbocycles. The highest BCUT2D eigenvalue weighted by molar-refractivity contribution is 7.89. The van der Waals surface area contributed by atoms with Crippen LogP contribution in [0.5, 0.6) is 11.5 Å². The van der Waals surface area contributed by atoms with Gasteiger partial charge in [0.05, 0.1) is 19.1 Å². The van der Waals surface area contributed by atoms with Crippen molar-refractivity contribution in [2.45, 2.75) is 30.7 Å². The molecule has 0 saturated carbocycles. The van der Waals surface area contributed by atoms with Crippen LogP contribution in [0, 0.1) is 6.92 Å². The number of hydrogen-bond acceptors (Lipinski definition) is 5. The lowest BCUT2D eigenvalue weighted by molar-refractivity contribution is 0.319. The van der Waals surface area contributed by atoms with Crippen LogP contribution in [0.15, 0.2) is 17.0 Å². The molecule has 1 aliphatic rings. The van der Waals surface area contributed by atoms with Crippen LogP contribution in [-0.4, -0.2) is 46.1 Å². The number of benzene rings is 1. The molecule has 6 nitrogen and oxygen atoms in total. The molecule has 1 aromatic carbocycles. The molecule has 2 rings (SSSR count). The number of ether oxygens (including phenoxy) is 2. The molecule has 0 spiro atoms. The first kappa shape index (κ1) is 19.0. The fourth-order valence-corrected chi connectivity index (χ4v) is 4.19. The zero-order valence-electron chi connectivity index (χ0n) is 13.0. The van der Waals surface area contributed by atoms with Gasteiger partial charge in [-0.05, 0) is 31.4 Å². The smallest absolute Gasteiger partial charge is 0.243 e. The summed E-state index contributed by atoms with van der Waals surface area (Å²) in [6.45, 7) is 2.67. The Morgan fingerprint density at radius 1 is 1.14 bits per heavy atom. The molecular formula is C14H23ClN2O4S. The van der Waals surface area contributed by atoms with Crippen LogP contribution in [0.1, 0.15) is 18.4 Å². The third-order valence-corrected chi connectivity index (χ3v) is 5.84. The van der Waals surface area contributed by atoms with Crippen LogP contribution >= 0.6 is 12.4 Å². The topological polar surface area (TPSA) is 81.9 Å². The summed E-state index contributed by atoms with van der Waals surface area (Å²) in [5.74, 6) is 0.935. The normalized spacial score (nSPS) is 16.9. The summed E-state index contributed by atoms with van der Waals surface area (Å²) in [6, 6.07) is 3.29. The van der Waals surface area contributed by atoms with Crippen molar-refractivity contribution in [2.75, 3.05) is 27.3 Å². The van der Waals surface area contributed by atoms with Crippen LogP contribution in [0.3, 0.4) is 0 Å². The second kappa shape index (κ2) is 7.50. The van der Waals surface area contributed by atoms with Gasteiger partial charge < -0.3 is 15.2 Å². The number of methoxy groups -OCH3 is 2. The number of halogens is 1. The SMILES string of the molecule is COc1cc(C)c(S(=O)(=O)N2CCC(N)CC2)cc1OC.Cl. The Bertz CT molecular complexity index is 614. The van der Waals surface area contributed by atoms with E-state index in [1.54, 1.807) is 13.0 Å². The summed E-state index contributed by atoms with van der Waals surface area (Å²) in [5.41, 5.74) is 6.48. The Kier molecular flexibility index (Phi) is 6.49. The van der Waals surface area contributed by atoms with Crippen molar-refractivity contribution in [3.8, 4) is 11.5 Å². The first-order valence-corrected chi connectivity index (χ1v) is 8.32. The van der Waals surface area contributed by atoms with E-state index in [4.69, 9.17) is 15.2 Å². The molecule has 1 saturated heterocycles. The Hall–Kier alpha value is -1.02. The van der Waals surface area contributed by atoms with Gasteiger partial charge in [-0.25, -0.2) is 8.42 Å². The number of aryl methyl sites for hydroxylation is 1. The van der Waals surface area contributed by atoms with Crippen molar-refractivity contribution in [1.29, 1.82) is 0 Å². The zero-order valence-corrected chi connectivity index (χ0v) is 14.7. The van der Waals surface area contributed by atoms with E-state index in [1.807, 2.05) is 0 Å². The van der Waals surface area contributed by atoms with Gasteiger partial charge in [-0.1, -0.05) is 0 Å². The van der Waals surface area contributed by atoms with E-state index in [1.165, 1.54) is 24.6 Å². The number of sulfonamides is 1. The average Bonchev–Trinajstić information content (AvgIpc) is 2.47. The van der Waals surface area contributed by atoms with Crippen molar-refractivity contribution in [3.63, 3.8) is 0 Å². The van der Waals surface area contributed by atoms with Gasteiger partial charge in [0.1, 0.15) is 0 Å². The van der Waals surface area contributed by atoms with E-state index < -0.39 is 10.0 Å². The maximum Gasteiger partial charge on any atom is 0.243 e. The first-order valence-electron chi connectivity index (χ1n) is 6.88. The van der Waals surface area contributed by atoms with Crippen molar-refractivity contribution < 1.29 is 17.9 Å². The Balaban J connectivity index is 0.00000242. The van der Waals surface area contributed by atoms with Crippen molar-refractivity contribution in [3.05, 3.63) is 17.7 Å². The van der Waals surface area contributed by atoms with Crippen molar-refractivity contribution in [1.82, 2.24) is 4.31 Å². The fraction of sp³-hybridized carbons (Fsp3) is 0.571. The molecule has 0 bridgehead atoms. The van der Waals surface area contributed by atoms with E-state index in [9.17, 15) is 8.42 Å². The number of nitrogens with zero attached hydrogens (tertiary/aromatic N) is 1. The van der Waals surface area contributed by atoms with Crippen LogP contribution in [0.2, 0.25) is 0 Å². The minimum absolute atomic E-state index is 0. The number of nitrogens with two attached hydrogens (primary N) is 1. The quantitative estimate of drug-likeness (QED) is 0.890. The third kappa shape index (κ3) is 3.65. The molecule has 0 atom stereocenters. The predicted octanol–water partition coefficient (Wildman–Crippen LogP) is 1.55. The number of rotatable bonds is 4. The molecule has 0 amide bonds. The van der Waals surface area contributed by atoms with Gasteiger partial charge in [0, 0.05) is 25.2 Å². The van der Waals surface area contributed by atoms with Gasteiger partial charge in [0.2, 0.25) is 10.0 Å². The molecule has 8 heteroatoms. The summed E-state index contributed by atoms with van der Waals surface area (Å²) in [7, 11) is -0.517. The molecule has 1 heterocycles. The van der Waals surface area contributed by atoms with Crippen LogP contribution in [0.25, 0.3) is 0 Å². The minimum Gasteiger partial charge on any atom is -0.493 e. The van der Waals surface area contributed by atoms with Gasteiger partial charge in [-0.3, -0.25) is 0 Å². The maximum atomic E-state index is 12.8. The van der Waals surface area contributed by atoms with Crippen molar-refractivity contribution in [2.24, 2.45) is 5.73 Å². The molecule has 126 valence electrons. The van der Waals surface area contributed by atoms with Crippen LogP contribution < -0.4 is 15.2 Å².